The van der Waals surface area contributed by atoms with Crippen molar-refractivity contribution in [1.29, 1.82) is 0 Å². The van der Waals surface area contributed by atoms with Gasteiger partial charge in [0.15, 0.2) is 5.12 Å². The number of alkyl halides is 3. The average Bonchev–Trinajstić information content (AvgIpc) is 3.54. The van der Waals surface area contributed by atoms with Crippen LogP contribution in [0, 0.1) is 23.1 Å². The molecule has 1 atom stereocenters. The highest BCUT2D eigenvalue weighted by Crippen LogP contribution is 2.56. The number of halogens is 5. The third kappa shape index (κ3) is 6.26. The number of carboxylic acid groups (broad SMARTS) is 1. The molecule has 1 aliphatic rings. The van der Waals surface area contributed by atoms with E-state index in [9.17, 15) is 41.8 Å². The second kappa shape index (κ2) is 10.9. The number of rotatable bonds is 9. The van der Waals surface area contributed by atoms with Crippen molar-refractivity contribution in [2.45, 2.75) is 37.8 Å². The van der Waals surface area contributed by atoms with Gasteiger partial charge in [0.25, 0.3) is 5.56 Å². The molecule has 0 saturated heterocycles. The third-order valence-electron chi connectivity index (χ3n) is 6.20. The zero-order chi connectivity index (χ0) is 27.9. The van der Waals surface area contributed by atoms with E-state index in [-0.39, 0.29) is 41.9 Å². The second-order valence-corrected chi connectivity index (χ2v) is 11.6. The van der Waals surface area contributed by atoms with Crippen LogP contribution in [-0.2, 0) is 22.8 Å². The van der Waals surface area contributed by atoms with Crippen molar-refractivity contribution in [2.75, 3.05) is 11.5 Å². The number of benzene rings is 1. The van der Waals surface area contributed by atoms with Crippen molar-refractivity contribution >= 4 is 46.2 Å². The van der Waals surface area contributed by atoms with Crippen molar-refractivity contribution in [3.63, 3.8) is 0 Å². The molecule has 1 N–H and O–H groups in total. The molecular weight excluding hydrogens is 560 g/mol. The maximum absolute atomic E-state index is 14.7. The number of aromatic nitrogens is 2. The van der Waals surface area contributed by atoms with E-state index < -0.39 is 51.9 Å². The zero-order valence-electron chi connectivity index (χ0n) is 19.9. The highest BCUT2D eigenvalue weighted by molar-refractivity contribution is 8.15. The number of hydrogen-bond acceptors (Lipinski definition) is 6. The van der Waals surface area contributed by atoms with Gasteiger partial charge in [-0.05, 0) is 36.3 Å². The first-order chi connectivity index (χ1) is 17.1. The average molecular weight is 583 g/mol. The Bertz CT molecular complexity index is 1350. The summed E-state index contributed by atoms with van der Waals surface area (Å²) in [5.74, 6) is -2.48. The fourth-order valence-electron chi connectivity index (χ4n) is 4.28. The Morgan fingerprint density at radius 3 is 2.32 bits per heavy atom. The van der Waals surface area contributed by atoms with Crippen LogP contribution in [0.1, 0.15) is 32.4 Å². The number of carbonyl (C=O) groups excluding carboxylic acids is 1. The second-order valence-electron chi connectivity index (χ2n) is 9.15. The molecule has 37 heavy (non-hydrogen) atoms. The van der Waals surface area contributed by atoms with Crippen molar-refractivity contribution in [3.05, 3.63) is 55.6 Å². The van der Waals surface area contributed by atoms with Crippen LogP contribution < -0.4 is 11.2 Å². The van der Waals surface area contributed by atoms with E-state index in [1.54, 1.807) is 0 Å². The van der Waals surface area contributed by atoms with Gasteiger partial charge in [0.05, 0.1) is 22.4 Å². The minimum atomic E-state index is -4.97. The van der Waals surface area contributed by atoms with Crippen LogP contribution in [0.15, 0.2) is 32.7 Å². The van der Waals surface area contributed by atoms with Crippen molar-refractivity contribution in [1.82, 2.24) is 9.13 Å². The summed E-state index contributed by atoms with van der Waals surface area (Å²) in [6.07, 6.45) is -3.55. The number of thioether (sulfide) groups is 2. The molecule has 1 heterocycles. The summed E-state index contributed by atoms with van der Waals surface area (Å²) >= 11 is 7.97. The lowest BCUT2D eigenvalue weighted by molar-refractivity contribution is -0.146. The molecule has 1 aliphatic carbocycles. The first-order valence-corrected chi connectivity index (χ1v) is 13.3. The van der Waals surface area contributed by atoms with Crippen LogP contribution in [-0.4, -0.2) is 36.8 Å². The highest BCUT2D eigenvalue weighted by atomic mass is 35.5. The topological polar surface area (TPSA) is 98.4 Å². The fraction of sp³-hybridized carbons (Fsp3) is 0.478. The Hall–Kier alpha value is -2.25. The molecule has 2 aromatic rings. The maximum Gasteiger partial charge on any atom is 0.431 e. The van der Waals surface area contributed by atoms with Crippen LogP contribution >= 0.6 is 35.1 Å². The Morgan fingerprint density at radius 2 is 1.81 bits per heavy atom. The molecule has 0 amide bonds. The van der Waals surface area contributed by atoms with Gasteiger partial charge in [-0.25, -0.2) is 13.8 Å². The Labute approximate surface area is 222 Å². The molecular formula is C23H23ClF4N2O5S2. The smallest absolute Gasteiger partial charge is 0.431 e. The van der Waals surface area contributed by atoms with Crippen molar-refractivity contribution in [3.8, 4) is 5.69 Å². The number of hydrogen-bond donors (Lipinski definition) is 1. The van der Waals surface area contributed by atoms with Crippen LogP contribution in [0.25, 0.3) is 5.69 Å². The molecule has 3 rings (SSSR count). The molecule has 1 aromatic carbocycles. The third-order valence-corrected chi connectivity index (χ3v) is 9.05. The Morgan fingerprint density at radius 1 is 1.19 bits per heavy atom. The minimum Gasteiger partial charge on any atom is -0.481 e. The first-order valence-electron chi connectivity index (χ1n) is 11.0. The first kappa shape index (κ1) is 29.3. The van der Waals surface area contributed by atoms with E-state index in [0.717, 1.165) is 42.7 Å². The van der Waals surface area contributed by atoms with Gasteiger partial charge in [-0.1, -0.05) is 37.2 Å². The van der Waals surface area contributed by atoms with Gasteiger partial charge in [0, 0.05) is 23.8 Å². The van der Waals surface area contributed by atoms with E-state index in [1.807, 2.05) is 13.8 Å². The van der Waals surface area contributed by atoms with Gasteiger partial charge in [-0.2, -0.15) is 13.2 Å². The predicted octanol–water partition coefficient (Wildman–Crippen LogP) is 4.84. The molecule has 0 bridgehead atoms. The zero-order valence-corrected chi connectivity index (χ0v) is 22.3. The number of nitrogens with zero attached hydrogens (tertiary/aromatic N) is 2. The van der Waals surface area contributed by atoms with Gasteiger partial charge < -0.3 is 5.11 Å². The van der Waals surface area contributed by atoms with Gasteiger partial charge in [-0.15, -0.1) is 11.8 Å². The Balaban J connectivity index is 1.80. The molecule has 0 spiro atoms. The number of carboxylic acids is 1. The standard InChI is InChI=1S/C23H23ClF4N2O5S2/c1-11(2)19(20(33)34)22(4-5-22)10-37-18(32)9-36-15-7-14(13(25)6-12(15)24)30-17(31)8-16(23(26,27)28)29(3)21(30)35/h6-8,11,19H,4-5,9-10H2,1-3H3,(H,33,34). The lowest BCUT2D eigenvalue weighted by Gasteiger charge is -2.26. The van der Waals surface area contributed by atoms with Gasteiger partial charge in [0.1, 0.15) is 11.5 Å². The van der Waals surface area contributed by atoms with E-state index in [1.165, 1.54) is 0 Å². The lowest BCUT2D eigenvalue weighted by atomic mass is 9.82. The van der Waals surface area contributed by atoms with Gasteiger partial charge in [-0.3, -0.25) is 19.0 Å². The van der Waals surface area contributed by atoms with Crippen molar-refractivity contribution in [2.24, 2.45) is 24.3 Å². The summed E-state index contributed by atoms with van der Waals surface area (Å²) in [6.45, 7) is 3.65. The molecule has 7 nitrogen and oxygen atoms in total. The normalized spacial score (nSPS) is 15.6. The van der Waals surface area contributed by atoms with Crippen LogP contribution in [0.5, 0.6) is 0 Å². The summed E-state index contributed by atoms with van der Waals surface area (Å²) in [5, 5.41) is 9.17. The summed E-state index contributed by atoms with van der Waals surface area (Å²) in [4.78, 5) is 49.2. The molecule has 1 unspecified atom stereocenters. The van der Waals surface area contributed by atoms with E-state index in [2.05, 4.69) is 0 Å². The SMILES string of the molecule is CC(C)C(C(=O)O)C1(CSC(=O)CSc2cc(-n3c(=O)cc(C(F)(F)F)n(C)c3=O)c(F)cc2Cl)CC1. The quantitative estimate of drug-likeness (QED) is 0.334. The maximum atomic E-state index is 14.7. The number of aliphatic carboxylic acids is 1. The lowest BCUT2D eigenvalue weighted by Crippen LogP contribution is -2.41. The summed E-state index contributed by atoms with van der Waals surface area (Å²) < 4.78 is 54.5. The highest BCUT2D eigenvalue weighted by Gasteiger charge is 2.53. The van der Waals surface area contributed by atoms with Crippen molar-refractivity contribution < 1.29 is 32.3 Å². The minimum absolute atomic E-state index is 0.0946. The molecule has 1 saturated carbocycles. The van der Waals surface area contributed by atoms with Crippen LogP contribution in [0.2, 0.25) is 5.02 Å². The largest absolute Gasteiger partial charge is 0.481 e. The fourth-order valence-corrected chi connectivity index (χ4v) is 6.69. The van der Waals surface area contributed by atoms with E-state index in [0.29, 0.717) is 18.6 Å². The van der Waals surface area contributed by atoms with Gasteiger partial charge >= 0.3 is 17.8 Å². The van der Waals surface area contributed by atoms with Crippen LogP contribution in [0.3, 0.4) is 0 Å². The number of carbonyl (C=O) groups is 2. The molecule has 14 heteroatoms. The monoisotopic (exact) mass is 582 g/mol. The Kier molecular flexibility index (Phi) is 8.60. The molecule has 202 valence electrons. The van der Waals surface area contributed by atoms with Crippen LogP contribution in [0.4, 0.5) is 17.6 Å². The van der Waals surface area contributed by atoms with Gasteiger partial charge in [0.2, 0.25) is 0 Å². The predicted molar refractivity (Wildman–Crippen MR) is 133 cm³/mol. The van der Waals surface area contributed by atoms with E-state index in [4.69, 9.17) is 11.6 Å². The summed E-state index contributed by atoms with van der Waals surface area (Å²) in [6, 6.07) is 2.02. The molecule has 1 fully saturated rings. The summed E-state index contributed by atoms with van der Waals surface area (Å²) in [5.41, 5.74) is -5.33. The molecule has 1 aromatic heterocycles. The van der Waals surface area contributed by atoms with E-state index >= 15 is 0 Å². The summed E-state index contributed by atoms with van der Waals surface area (Å²) in [7, 11) is 0.807. The molecule has 0 aliphatic heterocycles. The molecule has 0 radical (unpaired) electrons.